The van der Waals surface area contributed by atoms with Gasteiger partial charge in [0.05, 0.1) is 17.2 Å². The highest BCUT2D eigenvalue weighted by molar-refractivity contribution is 7.19. The molecule has 0 aromatic carbocycles. The van der Waals surface area contributed by atoms with Gasteiger partial charge in [-0.3, -0.25) is 0 Å². The van der Waals surface area contributed by atoms with Gasteiger partial charge in [0, 0.05) is 18.7 Å². The molecule has 4 nitrogen and oxygen atoms in total. The molecule has 0 saturated carbocycles. The summed E-state index contributed by atoms with van der Waals surface area (Å²) in [5.41, 5.74) is 6.47. The third-order valence-corrected chi connectivity index (χ3v) is 3.27. The molecule has 0 unspecified atom stereocenters. The monoisotopic (exact) mass is 227 g/mol. The highest BCUT2D eigenvalue weighted by Gasteiger charge is 2.06. The zero-order valence-electron chi connectivity index (χ0n) is 7.56. The molecule has 2 heterocycles. The number of ether oxygens (including phenoxy) is 1. The van der Waals surface area contributed by atoms with Crippen LogP contribution < -0.4 is 5.73 Å². The molecule has 0 radical (unpaired) electrons. The Morgan fingerprint density at radius 1 is 1.57 bits per heavy atom. The molecule has 0 bridgehead atoms. The van der Waals surface area contributed by atoms with Crippen LogP contribution in [-0.2, 0) is 11.3 Å². The van der Waals surface area contributed by atoms with Crippen LogP contribution in [0.4, 0.5) is 5.13 Å². The van der Waals surface area contributed by atoms with Crippen molar-refractivity contribution in [1.82, 2.24) is 9.97 Å². The predicted octanol–water partition coefficient (Wildman–Crippen LogP) is 2.00. The van der Waals surface area contributed by atoms with E-state index in [1.165, 1.54) is 11.3 Å². The van der Waals surface area contributed by atoms with Crippen LogP contribution in [0.15, 0.2) is 11.6 Å². The molecule has 74 valence electrons. The fourth-order valence-electron chi connectivity index (χ4n) is 1.02. The molecule has 0 aliphatic rings. The SMILES string of the molecule is COCc1nc(-c2cnc(N)s2)cs1. The van der Waals surface area contributed by atoms with E-state index in [2.05, 4.69) is 9.97 Å². The number of rotatable bonds is 3. The lowest BCUT2D eigenvalue weighted by Crippen LogP contribution is -1.84. The van der Waals surface area contributed by atoms with Crippen molar-refractivity contribution in [3.63, 3.8) is 0 Å². The molecule has 0 spiro atoms. The number of nitrogen functional groups attached to an aromatic ring is 1. The number of hydrogen-bond acceptors (Lipinski definition) is 6. The summed E-state index contributed by atoms with van der Waals surface area (Å²) < 4.78 is 4.99. The van der Waals surface area contributed by atoms with Crippen LogP contribution in [0.5, 0.6) is 0 Å². The van der Waals surface area contributed by atoms with Crippen LogP contribution >= 0.6 is 22.7 Å². The van der Waals surface area contributed by atoms with Crippen LogP contribution in [0.1, 0.15) is 5.01 Å². The van der Waals surface area contributed by atoms with E-state index >= 15 is 0 Å². The summed E-state index contributed by atoms with van der Waals surface area (Å²) in [5, 5.41) is 3.53. The maximum atomic E-state index is 5.54. The fraction of sp³-hybridized carbons (Fsp3) is 0.250. The molecule has 0 atom stereocenters. The quantitative estimate of drug-likeness (QED) is 0.871. The van der Waals surface area contributed by atoms with Gasteiger partial charge in [-0.15, -0.1) is 11.3 Å². The van der Waals surface area contributed by atoms with Gasteiger partial charge < -0.3 is 10.5 Å². The van der Waals surface area contributed by atoms with E-state index in [-0.39, 0.29) is 0 Å². The number of nitrogens with two attached hydrogens (primary N) is 1. The van der Waals surface area contributed by atoms with Gasteiger partial charge in [-0.1, -0.05) is 11.3 Å². The summed E-state index contributed by atoms with van der Waals surface area (Å²) in [6.07, 6.45) is 1.74. The van der Waals surface area contributed by atoms with Crippen molar-refractivity contribution >= 4 is 27.8 Å². The lowest BCUT2D eigenvalue weighted by Gasteiger charge is -1.90. The average molecular weight is 227 g/mol. The fourth-order valence-corrected chi connectivity index (χ4v) is 2.50. The third-order valence-electron chi connectivity index (χ3n) is 1.60. The maximum Gasteiger partial charge on any atom is 0.180 e. The number of hydrogen-bond donors (Lipinski definition) is 1. The summed E-state index contributed by atoms with van der Waals surface area (Å²) in [7, 11) is 1.66. The van der Waals surface area contributed by atoms with Crippen molar-refractivity contribution in [1.29, 1.82) is 0 Å². The number of anilines is 1. The minimum atomic E-state index is 0.555. The first kappa shape index (κ1) is 9.57. The third kappa shape index (κ3) is 1.92. The normalized spacial score (nSPS) is 10.6. The highest BCUT2D eigenvalue weighted by atomic mass is 32.1. The Morgan fingerprint density at radius 3 is 3.07 bits per heavy atom. The van der Waals surface area contributed by atoms with Crippen molar-refractivity contribution in [2.75, 3.05) is 12.8 Å². The first-order valence-electron chi connectivity index (χ1n) is 3.94. The minimum Gasteiger partial charge on any atom is -0.378 e. The number of thiazole rings is 2. The molecule has 2 rings (SSSR count). The van der Waals surface area contributed by atoms with Gasteiger partial charge in [-0.05, 0) is 0 Å². The zero-order valence-corrected chi connectivity index (χ0v) is 9.19. The van der Waals surface area contributed by atoms with Crippen LogP contribution in [0.2, 0.25) is 0 Å². The molecule has 2 aromatic rings. The molecule has 0 aliphatic heterocycles. The Hall–Kier alpha value is -0.980. The molecule has 6 heteroatoms. The van der Waals surface area contributed by atoms with Gasteiger partial charge in [0.15, 0.2) is 5.13 Å². The lowest BCUT2D eigenvalue weighted by molar-refractivity contribution is 0.184. The molecular weight excluding hydrogens is 218 g/mol. The van der Waals surface area contributed by atoms with E-state index in [1.807, 2.05) is 5.38 Å². The molecule has 0 aliphatic carbocycles. The standard InChI is InChI=1S/C8H9N3OS2/c1-12-3-7-11-5(4-13-7)6-2-10-8(9)14-6/h2,4H,3H2,1H3,(H2,9,10). The number of nitrogens with zero attached hydrogens (tertiary/aromatic N) is 2. The Morgan fingerprint density at radius 2 is 2.43 bits per heavy atom. The van der Waals surface area contributed by atoms with E-state index in [0.29, 0.717) is 11.7 Å². The van der Waals surface area contributed by atoms with Crippen molar-refractivity contribution < 1.29 is 4.74 Å². The van der Waals surface area contributed by atoms with Crippen molar-refractivity contribution in [2.24, 2.45) is 0 Å². The van der Waals surface area contributed by atoms with Crippen LogP contribution in [-0.4, -0.2) is 17.1 Å². The summed E-state index contributed by atoms with van der Waals surface area (Å²) in [6, 6.07) is 0. The van der Waals surface area contributed by atoms with E-state index in [1.54, 1.807) is 24.6 Å². The second-order valence-corrected chi connectivity index (χ2v) is 4.63. The second-order valence-electron chi connectivity index (χ2n) is 2.62. The summed E-state index contributed by atoms with van der Waals surface area (Å²) in [4.78, 5) is 9.37. The number of methoxy groups -OCH3 is 1. The van der Waals surface area contributed by atoms with E-state index < -0.39 is 0 Å². The molecule has 14 heavy (non-hydrogen) atoms. The topological polar surface area (TPSA) is 61.0 Å². The predicted molar refractivity (Wildman–Crippen MR) is 58.3 cm³/mol. The molecule has 0 amide bonds. The zero-order chi connectivity index (χ0) is 9.97. The summed E-state index contributed by atoms with van der Waals surface area (Å²) in [6.45, 7) is 0.555. The largest absolute Gasteiger partial charge is 0.378 e. The first-order valence-corrected chi connectivity index (χ1v) is 5.64. The molecular formula is C8H9N3OS2. The van der Waals surface area contributed by atoms with E-state index in [4.69, 9.17) is 10.5 Å². The Labute approximate surface area is 89.4 Å². The van der Waals surface area contributed by atoms with Crippen LogP contribution in [0, 0.1) is 0 Å². The van der Waals surface area contributed by atoms with Crippen LogP contribution in [0.25, 0.3) is 10.6 Å². The van der Waals surface area contributed by atoms with Gasteiger partial charge in [-0.25, -0.2) is 9.97 Å². The first-order chi connectivity index (χ1) is 6.79. The average Bonchev–Trinajstić information content (AvgIpc) is 2.74. The Bertz CT molecular complexity index is 424. The van der Waals surface area contributed by atoms with Gasteiger partial charge in [0.1, 0.15) is 5.01 Å². The van der Waals surface area contributed by atoms with Gasteiger partial charge >= 0.3 is 0 Å². The molecule has 0 fully saturated rings. The summed E-state index contributed by atoms with van der Waals surface area (Å²) in [5.74, 6) is 0. The smallest absolute Gasteiger partial charge is 0.180 e. The van der Waals surface area contributed by atoms with Crippen molar-refractivity contribution in [3.05, 3.63) is 16.6 Å². The van der Waals surface area contributed by atoms with Crippen molar-refractivity contribution in [2.45, 2.75) is 6.61 Å². The molecule has 2 aromatic heterocycles. The van der Waals surface area contributed by atoms with E-state index in [9.17, 15) is 0 Å². The minimum absolute atomic E-state index is 0.555. The highest BCUT2D eigenvalue weighted by Crippen LogP contribution is 2.28. The lowest BCUT2D eigenvalue weighted by atomic mass is 10.4. The van der Waals surface area contributed by atoms with Gasteiger partial charge in [-0.2, -0.15) is 0 Å². The van der Waals surface area contributed by atoms with Gasteiger partial charge in [0.2, 0.25) is 0 Å². The van der Waals surface area contributed by atoms with Crippen molar-refractivity contribution in [3.8, 4) is 10.6 Å². The Kier molecular flexibility index (Phi) is 2.76. The molecule has 2 N–H and O–H groups in total. The van der Waals surface area contributed by atoms with Gasteiger partial charge in [0.25, 0.3) is 0 Å². The summed E-state index contributed by atoms with van der Waals surface area (Å²) >= 11 is 3.02. The van der Waals surface area contributed by atoms with E-state index in [0.717, 1.165) is 15.6 Å². The molecule has 0 saturated heterocycles. The Balaban J connectivity index is 2.24. The maximum absolute atomic E-state index is 5.54. The number of aromatic nitrogens is 2. The second kappa shape index (κ2) is 4.04. The van der Waals surface area contributed by atoms with Crippen LogP contribution in [0.3, 0.4) is 0 Å².